The van der Waals surface area contributed by atoms with Crippen LogP contribution >= 0.6 is 0 Å². The van der Waals surface area contributed by atoms with Crippen LogP contribution in [-0.2, 0) is 14.8 Å². The quantitative estimate of drug-likeness (QED) is 0.793. The molecule has 2 rings (SSSR count). The molecule has 5 nitrogen and oxygen atoms in total. The van der Waals surface area contributed by atoms with Crippen molar-refractivity contribution >= 4 is 10.0 Å². The lowest BCUT2D eigenvalue weighted by Gasteiger charge is -2.36. The smallest absolute Gasteiger partial charge is 0.215 e. The van der Waals surface area contributed by atoms with E-state index in [4.69, 9.17) is 4.74 Å². The molecular formula is C12H24N2O3S. The van der Waals surface area contributed by atoms with Crippen LogP contribution in [-0.4, -0.2) is 45.0 Å². The monoisotopic (exact) mass is 276 g/mol. The van der Waals surface area contributed by atoms with E-state index < -0.39 is 10.0 Å². The molecule has 0 aromatic rings. The van der Waals surface area contributed by atoms with Gasteiger partial charge < -0.3 is 10.1 Å². The van der Waals surface area contributed by atoms with Crippen LogP contribution < -0.4 is 10.0 Å². The van der Waals surface area contributed by atoms with Gasteiger partial charge in [0, 0.05) is 19.2 Å². The van der Waals surface area contributed by atoms with Gasteiger partial charge in [-0.15, -0.1) is 0 Å². The Morgan fingerprint density at radius 3 is 2.72 bits per heavy atom. The number of piperidine rings is 1. The Kier molecular flexibility index (Phi) is 4.31. The average molecular weight is 276 g/mol. The van der Waals surface area contributed by atoms with Crippen LogP contribution in [0, 0.1) is 0 Å². The number of ether oxygens (including phenoxy) is 1. The molecule has 2 heterocycles. The summed E-state index contributed by atoms with van der Waals surface area (Å²) >= 11 is 0. The molecule has 18 heavy (non-hydrogen) atoms. The molecule has 0 amide bonds. The van der Waals surface area contributed by atoms with Crippen molar-refractivity contribution in [3.8, 4) is 0 Å². The van der Waals surface area contributed by atoms with E-state index in [1.807, 2.05) is 13.8 Å². The van der Waals surface area contributed by atoms with Crippen molar-refractivity contribution in [2.75, 3.05) is 19.7 Å². The summed E-state index contributed by atoms with van der Waals surface area (Å²) < 4.78 is 33.0. The lowest BCUT2D eigenvalue weighted by atomic mass is 9.95. The second kappa shape index (κ2) is 5.45. The first-order valence-corrected chi connectivity index (χ1v) is 8.29. The zero-order chi connectivity index (χ0) is 13.2. The molecule has 0 saturated carbocycles. The maximum Gasteiger partial charge on any atom is 0.215 e. The number of hydrogen-bond acceptors (Lipinski definition) is 4. The van der Waals surface area contributed by atoms with E-state index in [0.717, 1.165) is 32.2 Å². The van der Waals surface area contributed by atoms with Crippen molar-refractivity contribution in [1.82, 2.24) is 10.0 Å². The third-order valence-corrected chi connectivity index (χ3v) is 5.66. The molecule has 0 aromatic heterocycles. The number of rotatable bonds is 3. The molecule has 2 fully saturated rings. The highest BCUT2D eigenvalue weighted by molar-refractivity contribution is 7.90. The summed E-state index contributed by atoms with van der Waals surface area (Å²) in [6.45, 7) is 6.15. The van der Waals surface area contributed by atoms with Gasteiger partial charge in [-0.25, -0.2) is 13.1 Å². The third-order valence-electron chi connectivity index (χ3n) is 3.72. The van der Waals surface area contributed by atoms with Gasteiger partial charge in [0.1, 0.15) is 0 Å². The van der Waals surface area contributed by atoms with Crippen LogP contribution in [0.4, 0.5) is 0 Å². The van der Waals surface area contributed by atoms with Crippen molar-refractivity contribution in [3.05, 3.63) is 0 Å². The minimum atomic E-state index is -3.20. The van der Waals surface area contributed by atoms with Gasteiger partial charge in [0.05, 0.1) is 10.9 Å². The molecule has 0 aliphatic carbocycles. The highest BCUT2D eigenvalue weighted by atomic mass is 32.2. The molecule has 0 radical (unpaired) electrons. The minimum absolute atomic E-state index is 0.0145. The van der Waals surface area contributed by atoms with Crippen LogP contribution in [0.1, 0.15) is 39.5 Å². The summed E-state index contributed by atoms with van der Waals surface area (Å²) in [7, 11) is -3.20. The fourth-order valence-corrected chi connectivity index (χ4v) is 4.42. The maximum atomic E-state index is 12.3. The summed E-state index contributed by atoms with van der Waals surface area (Å²) in [5.41, 5.74) is -0.226. The molecule has 2 unspecified atom stereocenters. The lowest BCUT2D eigenvalue weighted by molar-refractivity contribution is -0.0599. The Bertz CT molecular complexity index is 375. The molecule has 2 aliphatic rings. The fourth-order valence-electron chi connectivity index (χ4n) is 2.75. The van der Waals surface area contributed by atoms with Crippen molar-refractivity contribution in [3.63, 3.8) is 0 Å². The van der Waals surface area contributed by atoms with Crippen LogP contribution in [0.2, 0.25) is 0 Å². The topological polar surface area (TPSA) is 67.4 Å². The van der Waals surface area contributed by atoms with Gasteiger partial charge >= 0.3 is 0 Å². The molecule has 106 valence electrons. The average Bonchev–Trinajstić information content (AvgIpc) is 2.28. The van der Waals surface area contributed by atoms with Gasteiger partial charge in [0.15, 0.2) is 0 Å². The van der Waals surface area contributed by atoms with Crippen molar-refractivity contribution in [2.24, 2.45) is 0 Å². The van der Waals surface area contributed by atoms with Crippen LogP contribution in [0.15, 0.2) is 0 Å². The zero-order valence-corrected chi connectivity index (χ0v) is 12.1. The van der Waals surface area contributed by atoms with E-state index in [1.54, 1.807) is 0 Å². The highest BCUT2D eigenvalue weighted by Gasteiger charge is 2.34. The lowest BCUT2D eigenvalue weighted by Crippen LogP contribution is -2.51. The van der Waals surface area contributed by atoms with E-state index in [0.29, 0.717) is 13.2 Å². The van der Waals surface area contributed by atoms with Crippen molar-refractivity contribution in [2.45, 2.75) is 56.4 Å². The Morgan fingerprint density at radius 2 is 2.11 bits per heavy atom. The van der Waals surface area contributed by atoms with Crippen LogP contribution in [0.5, 0.6) is 0 Å². The Labute approximate surface area is 110 Å². The summed E-state index contributed by atoms with van der Waals surface area (Å²) in [6, 6.07) is 0.0145. The van der Waals surface area contributed by atoms with Gasteiger partial charge in [-0.2, -0.15) is 0 Å². The van der Waals surface area contributed by atoms with Gasteiger partial charge in [-0.3, -0.25) is 0 Å². The molecule has 6 heteroatoms. The normalized spacial score (nSPS) is 33.2. The number of hydrogen-bond donors (Lipinski definition) is 2. The first-order valence-electron chi connectivity index (χ1n) is 6.75. The van der Waals surface area contributed by atoms with Gasteiger partial charge in [-0.1, -0.05) is 0 Å². The Morgan fingerprint density at radius 1 is 1.33 bits per heavy atom. The van der Waals surface area contributed by atoms with E-state index >= 15 is 0 Å². The van der Waals surface area contributed by atoms with Gasteiger partial charge in [-0.05, 0) is 46.1 Å². The van der Waals surface area contributed by atoms with E-state index in [2.05, 4.69) is 10.0 Å². The molecule has 0 aromatic carbocycles. The number of sulfonamides is 1. The Balaban J connectivity index is 1.95. The van der Waals surface area contributed by atoms with Crippen molar-refractivity contribution < 1.29 is 13.2 Å². The second-order valence-corrected chi connectivity index (χ2v) is 7.92. The molecule has 2 saturated heterocycles. The molecule has 2 N–H and O–H groups in total. The molecule has 2 aliphatic heterocycles. The first-order chi connectivity index (χ1) is 8.39. The summed E-state index contributed by atoms with van der Waals surface area (Å²) in [6.07, 6.45) is 3.20. The maximum absolute atomic E-state index is 12.3. The first kappa shape index (κ1) is 14.2. The minimum Gasteiger partial charge on any atom is -0.375 e. The van der Waals surface area contributed by atoms with Gasteiger partial charge in [0.25, 0.3) is 0 Å². The van der Waals surface area contributed by atoms with Gasteiger partial charge in [0.2, 0.25) is 10.0 Å². The standard InChI is InChI=1S/C12H24N2O3S/c1-12(2)8-10(5-7-17-12)14-18(15,16)11-4-3-6-13-9-11/h10-11,13-14H,3-9H2,1-2H3. The van der Waals surface area contributed by atoms with Crippen molar-refractivity contribution in [1.29, 1.82) is 0 Å². The van der Waals surface area contributed by atoms with Crippen LogP contribution in [0.25, 0.3) is 0 Å². The predicted octanol–water partition coefficient (Wildman–Crippen LogP) is 0.615. The number of nitrogens with one attached hydrogen (secondary N) is 2. The largest absolute Gasteiger partial charge is 0.375 e. The zero-order valence-electron chi connectivity index (χ0n) is 11.2. The van der Waals surface area contributed by atoms with E-state index in [1.165, 1.54) is 0 Å². The molecule has 0 bridgehead atoms. The SMILES string of the molecule is CC1(C)CC(NS(=O)(=O)C2CCCNC2)CCO1. The third kappa shape index (κ3) is 3.66. The molecule has 2 atom stereocenters. The van der Waals surface area contributed by atoms with E-state index in [-0.39, 0.29) is 16.9 Å². The summed E-state index contributed by atoms with van der Waals surface area (Å²) in [5.74, 6) is 0. The second-order valence-electron chi connectivity index (χ2n) is 5.93. The highest BCUT2D eigenvalue weighted by Crippen LogP contribution is 2.25. The molecule has 0 spiro atoms. The molecular weight excluding hydrogens is 252 g/mol. The Hall–Kier alpha value is -0.170. The summed E-state index contributed by atoms with van der Waals surface area (Å²) in [4.78, 5) is 0. The van der Waals surface area contributed by atoms with Crippen LogP contribution in [0.3, 0.4) is 0 Å². The summed E-state index contributed by atoms with van der Waals surface area (Å²) in [5, 5.41) is 2.87. The predicted molar refractivity (Wildman–Crippen MR) is 71.0 cm³/mol. The fraction of sp³-hybridized carbons (Fsp3) is 1.00. The van der Waals surface area contributed by atoms with E-state index in [9.17, 15) is 8.42 Å².